The van der Waals surface area contributed by atoms with Crippen LogP contribution < -0.4 is 5.46 Å². The normalized spacial score (nSPS) is 11.1. The van der Waals surface area contributed by atoms with Crippen molar-refractivity contribution in [2.75, 3.05) is 0 Å². The summed E-state index contributed by atoms with van der Waals surface area (Å²) in [5, 5.41) is 17.8. The molecular weight excluding hydrogens is 217 g/mol. The molecule has 7 heteroatoms. The first-order valence-corrected chi connectivity index (χ1v) is 4.60. The quantitative estimate of drug-likeness (QED) is 0.664. The molecule has 0 bridgehead atoms. The van der Waals surface area contributed by atoms with E-state index in [9.17, 15) is 8.78 Å². The van der Waals surface area contributed by atoms with E-state index in [0.717, 1.165) is 6.07 Å². The van der Waals surface area contributed by atoms with Crippen LogP contribution in [0.2, 0.25) is 0 Å². The lowest BCUT2D eigenvalue weighted by atomic mass is 9.79. The molecule has 0 saturated heterocycles. The number of aromatic nitrogens is 2. The highest BCUT2D eigenvalue weighted by Crippen LogP contribution is 2.19. The van der Waals surface area contributed by atoms with E-state index in [1.165, 1.54) is 4.57 Å². The van der Waals surface area contributed by atoms with E-state index in [0.29, 0.717) is 5.82 Å². The lowest BCUT2D eigenvalue weighted by Gasteiger charge is -2.04. The van der Waals surface area contributed by atoms with Gasteiger partial charge in [0.1, 0.15) is 11.3 Å². The number of aryl methyl sites for hydroxylation is 2. The fourth-order valence-corrected chi connectivity index (χ4v) is 1.63. The van der Waals surface area contributed by atoms with Gasteiger partial charge < -0.3 is 14.6 Å². The molecule has 0 amide bonds. The smallest absolute Gasteiger partial charge is 0.423 e. The number of halogens is 2. The summed E-state index contributed by atoms with van der Waals surface area (Å²) in [7, 11) is -0.497. The molecule has 0 unspecified atom stereocenters. The molecule has 0 aliphatic carbocycles. The zero-order chi connectivity index (χ0) is 12.0. The molecule has 16 heavy (non-hydrogen) atoms. The number of rotatable bonds is 1. The van der Waals surface area contributed by atoms with Gasteiger partial charge in [-0.15, -0.1) is 0 Å². The van der Waals surface area contributed by atoms with Gasteiger partial charge in [-0.2, -0.15) is 0 Å². The zero-order valence-electron chi connectivity index (χ0n) is 8.70. The molecule has 0 aliphatic rings. The van der Waals surface area contributed by atoms with E-state index in [1.807, 2.05) is 0 Å². The molecule has 4 nitrogen and oxygen atoms in total. The third-order valence-corrected chi connectivity index (χ3v) is 2.57. The van der Waals surface area contributed by atoms with E-state index in [2.05, 4.69) is 4.98 Å². The van der Waals surface area contributed by atoms with Gasteiger partial charge in [0.25, 0.3) is 0 Å². The largest absolute Gasteiger partial charge is 0.491 e. The van der Waals surface area contributed by atoms with Gasteiger partial charge in [-0.05, 0) is 13.0 Å². The molecule has 0 radical (unpaired) electrons. The van der Waals surface area contributed by atoms with Crippen molar-refractivity contribution in [2.24, 2.45) is 7.05 Å². The summed E-state index contributed by atoms with van der Waals surface area (Å²) in [6.45, 7) is 1.65. The second kappa shape index (κ2) is 3.53. The van der Waals surface area contributed by atoms with E-state index in [1.54, 1.807) is 14.0 Å². The third kappa shape index (κ3) is 1.40. The second-order valence-electron chi connectivity index (χ2n) is 3.55. The van der Waals surface area contributed by atoms with Crippen LogP contribution in [0.25, 0.3) is 11.0 Å². The minimum atomic E-state index is -2.05. The third-order valence-electron chi connectivity index (χ3n) is 2.57. The summed E-state index contributed by atoms with van der Waals surface area (Å²) in [6, 6.07) is 1.13. The Labute approximate surface area is 90.3 Å². The van der Waals surface area contributed by atoms with Crippen LogP contribution in [-0.4, -0.2) is 26.7 Å². The molecule has 1 heterocycles. The highest BCUT2D eigenvalue weighted by Gasteiger charge is 2.24. The molecule has 2 rings (SSSR count). The molecule has 0 aliphatic heterocycles. The number of imidazole rings is 1. The number of benzene rings is 1. The minimum Gasteiger partial charge on any atom is -0.423 e. The highest BCUT2D eigenvalue weighted by atomic mass is 19.2. The predicted octanol–water partition coefficient (Wildman–Crippen LogP) is -0.160. The Kier molecular flexibility index (Phi) is 2.44. The first-order valence-electron chi connectivity index (χ1n) is 4.60. The van der Waals surface area contributed by atoms with Crippen LogP contribution >= 0.6 is 0 Å². The fraction of sp³-hybridized carbons (Fsp3) is 0.222. The molecule has 1 aromatic carbocycles. The van der Waals surface area contributed by atoms with Gasteiger partial charge in [0.15, 0.2) is 11.6 Å². The SMILES string of the molecule is Cc1nc2cc(B(O)O)c(F)c(F)c2n1C. The highest BCUT2D eigenvalue weighted by molar-refractivity contribution is 6.59. The van der Waals surface area contributed by atoms with Gasteiger partial charge in [-0.1, -0.05) is 0 Å². The number of hydrogen-bond acceptors (Lipinski definition) is 3. The number of hydrogen-bond donors (Lipinski definition) is 2. The Morgan fingerprint density at radius 3 is 2.50 bits per heavy atom. The summed E-state index contributed by atoms with van der Waals surface area (Å²) in [6.07, 6.45) is 0. The molecule has 0 fully saturated rings. The Balaban J connectivity index is 2.88. The Bertz CT molecular complexity index is 568. The summed E-state index contributed by atoms with van der Waals surface area (Å²) in [4.78, 5) is 3.99. The average molecular weight is 226 g/mol. The summed E-state index contributed by atoms with van der Waals surface area (Å²) < 4.78 is 28.5. The summed E-state index contributed by atoms with van der Waals surface area (Å²) in [5.41, 5.74) is -0.301. The van der Waals surface area contributed by atoms with Gasteiger partial charge in [-0.3, -0.25) is 0 Å². The fourth-order valence-electron chi connectivity index (χ4n) is 1.63. The number of nitrogens with zero attached hydrogens (tertiary/aromatic N) is 2. The number of fused-ring (bicyclic) bond motifs is 1. The van der Waals surface area contributed by atoms with Crippen molar-refractivity contribution in [3.63, 3.8) is 0 Å². The van der Waals surface area contributed by atoms with Crippen molar-refractivity contribution >= 4 is 23.6 Å². The van der Waals surface area contributed by atoms with Crippen LogP contribution in [0.5, 0.6) is 0 Å². The first-order chi connectivity index (χ1) is 7.43. The van der Waals surface area contributed by atoms with Crippen LogP contribution in [0.1, 0.15) is 5.82 Å². The second-order valence-corrected chi connectivity index (χ2v) is 3.55. The topological polar surface area (TPSA) is 58.3 Å². The maximum atomic E-state index is 13.6. The Hall–Kier alpha value is -1.47. The van der Waals surface area contributed by atoms with Crippen LogP contribution in [0, 0.1) is 18.6 Å². The standard InChI is InChI=1S/C9H9BF2N2O2/c1-4-13-6-3-5(10(15)16)7(11)8(12)9(6)14(4)2/h3,15-16H,1-2H3. The first kappa shape index (κ1) is 11.0. The maximum Gasteiger partial charge on any atom is 0.491 e. The van der Waals surface area contributed by atoms with Crippen LogP contribution in [0.15, 0.2) is 6.07 Å². The zero-order valence-corrected chi connectivity index (χ0v) is 8.70. The Morgan fingerprint density at radius 1 is 1.31 bits per heavy atom. The van der Waals surface area contributed by atoms with Crippen LogP contribution in [0.4, 0.5) is 8.78 Å². The molecule has 2 N–H and O–H groups in total. The van der Waals surface area contributed by atoms with Crippen LogP contribution in [0.3, 0.4) is 0 Å². The van der Waals surface area contributed by atoms with Gasteiger partial charge >= 0.3 is 7.12 Å². The molecule has 0 saturated carbocycles. The van der Waals surface area contributed by atoms with Crippen molar-refractivity contribution in [3.05, 3.63) is 23.5 Å². The minimum absolute atomic E-state index is 0.0133. The van der Waals surface area contributed by atoms with Crippen molar-refractivity contribution in [1.29, 1.82) is 0 Å². The lowest BCUT2D eigenvalue weighted by molar-refractivity contribution is 0.420. The molecule has 0 spiro atoms. The van der Waals surface area contributed by atoms with Crippen molar-refractivity contribution in [2.45, 2.75) is 6.92 Å². The maximum absolute atomic E-state index is 13.6. The average Bonchev–Trinajstić information content (AvgIpc) is 2.48. The lowest BCUT2D eigenvalue weighted by Crippen LogP contribution is -2.33. The van der Waals surface area contributed by atoms with E-state index in [-0.39, 0.29) is 11.0 Å². The monoisotopic (exact) mass is 226 g/mol. The molecule has 1 aromatic heterocycles. The van der Waals surface area contributed by atoms with Crippen molar-refractivity contribution in [1.82, 2.24) is 9.55 Å². The molecule has 84 valence electrons. The van der Waals surface area contributed by atoms with Crippen molar-refractivity contribution < 1.29 is 18.8 Å². The predicted molar refractivity (Wildman–Crippen MR) is 55.2 cm³/mol. The van der Waals surface area contributed by atoms with Crippen LogP contribution in [-0.2, 0) is 7.05 Å². The molecule has 0 atom stereocenters. The van der Waals surface area contributed by atoms with E-state index in [4.69, 9.17) is 10.0 Å². The molecular formula is C9H9BF2N2O2. The summed E-state index contributed by atoms with van der Waals surface area (Å²) in [5.74, 6) is -1.87. The van der Waals surface area contributed by atoms with E-state index >= 15 is 0 Å². The van der Waals surface area contributed by atoms with Gasteiger partial charge in [-0.25, -0.2) is 13.8 Å². The molecule has 2 aromatic rings. The van der Waals surface area contributed by atoms with Gasteiger partial charge in [0.2, 0.25) is 0 Å². The van der Waals surface area contributed by atoms with Crippen molar-refractivity contribution in [3.8, 4) is 0 Å². The van der Waals surface area contributed by atoms with Gasteiger partial charge in [0, 0.05) is 12.5 Å². The Morgan fingerprint density at radius 2 is 1.94 bits per heavy atom. The van der Waals surface area contributed by atoms with E-state index < -0.39 is 24.2 Å². The van der Waals surface area contributed by atoms with Gasteiger partial charge in [0.05, 0.1) is 5.52 Å². The summed E-state index contributed by atoms with van der Waals surface area (Å²) >= 11 is 0.